The van der Waals surface area contributed by atoms with E-state index in [1.54, 1.807) is 18.2 Å². The molecular formula is C22H30N2O5S. The van der Waals surface area contributed by atoms with E-state index < -0.39 is 10.0 Å². The Morgan fingerprint density at radius 2 is 1.80 bits per heavy atom. The second-order valence-electron chi connectivity index (χ2n) is 7.09. The lowest BCUT2D eigenvalue weighted by Gasteiger charge is -2.24. The monoisotopic (exact) mass is 434 g/mol. The third-order valence-electron chi connectivity index (χ3n) is 4.79. The van der Waals surface area contributed by atoms with Gasteiger partial charge in [-0.05, 0) is 30.0 Å². The minimum atomic E-state index is -3.55. The Morgan fingerprint density at radius 1 is 1.10 bits per heavy atom. The smallest absolute Gasteiger partial charge is 0.232 e. The Balaban J connectivity index is 1.95. The van der Waals surface area contributed by atoms with Gasteiger partial charge in [-0.2, -0.15) is 0 Å². The molecule has 0 heterocycles. The molecule has 2 rings (SSSR count). The Hall–Kier alpha value is -2.74. The van der Waals surface area contributed by atoms with Gasteiger partial charge in [0.1, 0.15) is 11.5 Å². The molecule has 0 radical (unpaired) electrons. The number of carbonyl (C=O) groups excluding carboxylic acids is 1. The van der Waals surface area contributed by atoms with Crippen LogP contribution in [0.5, 0.6) is 11.5 Å². The fourth-order valence-corrected chi connectivity index (χ4v) is 4.06. The van der Waals surface area contributed by atoms with Gasteiger partial charge in [-0.15, -0.1) is 0 Å². The lowest BCUT2D eigenvalue weighted by molar-refractivity contribution is -0.121. The van der Waals surface area contributed by atoms with E-state index >= 15 is 0 Å². The van der Waals surface area contributed by atoms with E-state index in [0.717, 1.165) is 11.8 Å². The highest BCUT2D eigenvalue weighted by Crippen LogP contribution is 2.33. The van der Waals surface area contributed by atoms with Gasteiger partial charge in [0, 0.05) is 25.6 Å². The van der Waals surface area contributed by atoms with E-state index in [-0.39, 0.29) is 24.8 Å². The number of benzene rings is 2. The summed E-state index contributed by atoms with van der Waals surface area (Å²) < 4.78 is 36.4. The number of nitrogens with zero attached hydrogens (tertiary/aromatic N) is 1. The molecule has 0 aliphatic carbocycles. The number of amides is 1. The lowest BCUT2D eigenvalue weighted by atomic mass is 10.0. The van der Waals surface area contributed by atoms with Crippen molar-refractivity contribution in [3.05, 3.63) is 54.1 Å². The van der Waals surface area contributed by atoms with Crippen LogP contribution in [0.4, 0.5) is 5.69 Å². The summed E-state index contributed by atoms with van der Waals surface area (Å²) in [6.07, 6.45) is 1.75. The van der Waals surface area contributed by atoms with Crippen LogP contribution in [-0.2, 0) is 14.8 Å². The van der Waals surface area contributed by atoms with E-state index in [1.165, 1.54) is 18.5 Å². The number of ether oxygens (including phenoxy) is 2. The van der Waals surface area contributed by atoms with Crippen LogP contribution < -0.4 is 19.1 Å². The number of sulfonamides is 1. The fraction of sp³-hybridized carbons (Fsp3) is 0.409. The van der Waals surface area contributed by atoms with E-state index in [0.29, 0.717) is 30.2 Å². The van der Waals surface area contributed by atoms with Crippen LogP contribution in [0.25, 0.3) is 0 Å². The first-order valence-electron chi connectivity index (χ1n) is 9.77. The van der Waals surface area contributed by atoms with E-state index in [1.807, 2.05) is 30.3 Å². The highest BCUT2D eigenvalue weighted by atomic mass is 32.2. The van der Waals surface area contributed by atoms with Gasteiger partial charge in [-0.3, -0.25) is 9.10 Å². The summed E-state index contributed by atoms with van der Waals surface area (Å²) in [6.45, 7) is 2.76. The van der Waals surface area contributed by atoms with Crippen molar-refractivity contribution < 1.29 is 22.7 Å². The molecule has 30 heavy (non-hydrogen) atoms. The second kappa shape index (κ2) is 10.9. The molecule has 0 aromatic heterocycles. The average Bonchev–Trinajstić information content (AvgIpc) is 2.74. The quantitative estimate of drug-likeness (QED) is 0.587. The molecule has 2 aromatic carbocycles. The lowest BCUT2D eigenvalue weighted by Crippen LogP contribution is -2.33. The summed E-state index contributed by atoms with van der Waals surface area (Å²) in [5, 5.41) is 2.92. The van der Waals surface area contributed by atoms with Gasteiger partial charge in [0.15, 0.2) is 0 Å². The average molecular weight is 435 g/mol. The van der Waals surface area contributed by atoms with Crippen LogP contribution in [0.15, 0.2) is 48.5 Å². The molecule has 7 nitrogen and oxygen atoms in total. The summed E-state index contributed by atoms with van der Waals surface area (Å²) in [5.41, 5.74) is 1.58. The van der Waals surface area contributed by atoms with Crippen LogP contribution in [0, 0.1) is 0 Å². The number of hydrogen-bond donors (Lipinski definition) is 1. The van der Waals surface area contributed by atoms with Gasteiger partial charge in [0.2, 0.25) is 15.9 Å². The molecule has 0 saturated carbocycles. The maximum atomic E-state index is 12.3. The third kappa shape index (κ3) is 6.66. The molecule has 0 saturated heterocycles. The molecular weight excluding hydrogens is 404 g/mol. The molecule has 0 fully saturated rings. The van der Waals surface area contributed by atoms with Crippen LogP contribution in [-0.4, -0.2) is 47.9 Å². The van der Waals surface area contributed by atoms with Crippen molar-refractivity contribution in [3.63, 3.8) is 0 Å². The highest BCUT2D eigenvalue weighted by Gasteiger charge is 2.21. The number of rotatable bonds is 11. The molecule has 0 aliphatic heterocycles. The summed E-state index contributed by atoms with van der Waals surface area (Å²) in [6, 6.07) is 14.9. The van der Waals surface area contributed by atoms with Gasteiger partial charge in [0.05, 0.1) is 26.2 Å². The molecule has 0 aliphatic rings. The van der Waals surface area contributed by atoms with Crippen molar-refractivity contribution in [2.45, 2.75) is 25.7 Å². The summed E-state index contributed by atoms with van der Waals surface area (Å²) >= 11 is 0. The standard InChI is InChI=1S/C22H30N2O5S/c1-17(18-9-6-5-7-10-18)16-23-22(25)11-8-14-24(30(4,26)27)20-13-12-19(28-2)15-21(20)29-3/h5-7,9-10,12-13,15,17H,8,11,14,16H2,1-4H3,(H,23,25)/t17-/m1/s1. The topological polar surface area (TPSA) is 84.9 Å². The predicted molar refractivity (Wildman–Crippen MR) is 119 cm³/mol. The van der Waals surface area contributed by atoms with Gasteiger partial charge in [-0.1, -0.05) is 37.3 Å². The number of methoxy groups -OCH3 is 2. The molecule has 1 amide bonds. The van der Waals surface area contributed by atoms with Crippen LogP contribution >= 0.6 is 0 Å². The van der Waals surface area contributed by atoms with Crippen LogP contribution in [0.3, 0.4) is 0 Å². The molecule has 0 unspecified atom stereocenters. The Morgan fingerprint density at radius 3 is 2.40 bits per heavy atom. The number of nitrogens with one attached hydrogen (secondary N) is 1. The van der Waals surface area contributed by atoms with Gasteiger partial charge >= 0.3 is 0 Å². The van der Waals surface area contributed by atoms with Crippen molar-refractivity contribution >= 4 is 21.6 Å². The van der Waals surface area contributed by atoms with Crippen LogP contribution in [0.2, 0.25) is 0 Å². The zero-order chi connectivity index (χ0) is 22.1. The molecule has 0 spiro atoms. The maximum absolute atomic E-state index is 12.3. The summed E-state index contributed by atoms with van der Waals surface area (Å²) in [4.78, 5) is 12.2. The second-order valence-corrected chi connectivity index (χ2v) is 9.00. The first kappa shape index (κ1) is 23.5. The van der Waals surface area contributed by atoms with E-state index in [9.17, 15) is 13.2 Å². The number of anilines is 1. The minimum absolute atomic E-state index is 0.104. The van der Waals surface area contributed by atoms with Gasteiger partial charge in [-0.25, -0.2) is 8.42 Å². The largest absolute Gasteiger partial charge is 0.497 e. The minimum Gasteiger partial charge on any atom is -0.497 e. The van der Waals surface area contributed by atoms with Crippen molar-refractivity contribution in [3.8, 4) is 11.5 Å². The highest BCUT2D eigenvalue weighted by molar-refractivity contribution is 7.92. The van der Waals surface area contributed by atoms with E-state index in [4.69, 9.17) is 9.47 Å². The molecule has 1 N–H and O–H groups in total. The molecule has 8 heteroatoms. The Bertz CT molecular complexity index is 932. The van der Waals surface area contributed by atoms with Gasteiger partial charge in [0.25, 0.3) is 0 Å². The number of carbonyl (C=O) groups is 1. The third-order valence-corrected chi connectivity index (χ3v) is 5.97. The Labute approximate surface area is 179 Å². The molecule has 1 atom stereocenters. The number of hydrogen-bond acceptors (Lipinski definition) is 5. The first-order chi connectivity index (χ1) is 14.3. The maximum Gasteiger partial charge on any atom is 0.232 e. The van der Waals surface area contributed by atoms with Crippen molar-refractivity contribution in [1.82, 2.24) is 5.32 Å². The Kier molecular flexibility index (Phi) is 8.53. The predicted octanol–water partition coefficient (Wildman–Crippen LogP) is 3.17. The van der Waals surface area contributed by atoms with Crippen LogP contribution in [0.1, 0.15) is 31.2 Å². The fourth-order valence-electron chi connectivity index (χ4n) is 3.09. The van der Waals surface area contributed by atoms with Crippen molar-refractivity contribution in [2.75, 3.05) is 37.9 Å². The zero-order valence-electron chi connectivity index (χ0n) is 17.9. The zero-order valence-corrected chi connectivity index (χ0v) is 18.7. The normalized spacial score (nSPS) is 12.1. The summed E-state index contributed by atoms with van der Waals surface area (Å²) in [5.74, 6) is 1.05. The molecule has 164 valence electrons. The summed E-state index contributed by atoms with van der Waals surface area (Å²) in [7, 11) is -0.549. The molecule has 2 aromatic rings. The van der Waals surface area contributed by atoms with Crippen molar-refractivity contribution in [1.29, 1.82) is 0 Å². The first-order valence-corrected chi connectivity index (χ1v) is 11.6. The molecule has 0 bridgehead atoms. The SMILES string of the molecule is COc1ccc(N(CCCC(=O)NC[C@@H](C)c2ccccc2)S(C)(=O)=O)c(OC)c1. The van der Waals surface area contributed by atoms with Gasteiger partial charge < -0.3 is 14.8 Å². The van der Waals surface area contributed by atoms with Crippen molar-refractivity contribution in [2.24, 2.45) is 0 Å². The van der Waals surface area contributed by atoms with E-state index in [2.05, 4.69) is 12.2 Å².